The van der Waals surface area contributed by atoms with Gasteiger partial charge >= 0.3 is 0 Å². The van der Waals surface area contributed by atoms with Crippen molar-refractivity contribution in [3.63, 3.8) is 0 Å². The van der Waals surface area contributed by atoms with Crippen LogP contribution in [0.1, 0.15) is 47.3 Å². The quantitative estimate of drug-likeness (QED) is 0.806. The second-order valence-corrected chi connectivity index (χ2v) is 7.20. The Morgan fingerprint density at radius 3 is 2.58 bits per heavy atom. The maximum absolute atomic E-state index is 13.1. The smallest absolute Gasteiger partial charge is 0.220 e. The first kappa shape index (κ1) is 18.5. The highest BCUT2D eigenvalue weighted by Gasteiger charge is 2.30. The van der Waals surface area contributed by atoms with Crippen molar-refractivity contribution >= 4 is 11.7 Å². The van der Waals surface area contributed by atoms with Crippen molar-refractivity contribution in [1.82, 2.24) is 9.47 Å². The molecule has 6 heteroatoms. The molecule has 1 aliphatic heterocycles. The van der Waals surface area contributed by atoms with Crippen LogP contribution in [-0.2, 0) is 11.3 Å². The van der Waals surface area contributed by atoms with E-state index in [4.69, 9.17) is 10.2 Å². The van der Waals surface area contributed by atoms with E-state index in [1.54, 1.807) is 6.26 Å². The van der Waals surface area contributed by atoms with E-state index < -0.39 is 0 Å². The number of amides is 1. The fourth-order valence-corrected chi connectivity index (χ4v) is 3.81. The molecule has 0 bridgehead atoms. The molecule has 6 nitrogen and oxygen atoms in total. The van der Waals surface area contributed by atoms with Crippen LogP contribution >= 0.6 is 0 Å². The Bertz CT molecular complexity index is 784. The van der Waals surface area contributed by atoms with E-state index in [-0.39, 0.29) is 23.7 Å². The number of aryl methyl sites for hydroxylation is 1. The van der Waals surface area contributed by atoms with Gasteiger partial charge < -0.3 is 14.7 Å². The number of carbonyl (C=O) groups is 2. The number of furan rings is 1. The van der Waals surface area contributed by atoms with E-state index in [1.807, 2.05) is 39.0 Å². The summed E-state index contributed by atoms with van der Waals surface area (Å²) in [5, 5.41) is 0. The standard InChI is InChI=1S/C20H27N3O3/c1-13-11-18(14(2)23(13)12-17-5-4-10-26-17)19(24)15(3)22-8-6-16(7-9-22)20(21)25/h4-5,10-11,15-16H,6-9,12H2,1-3H3,(H2,21,25)/t15-/m1/s1. The zero-order chi connectivity index (χ0) is 18.8. The van der Waals surface area contributed by atoms with Crippen LogP contribution in [-0.4, -0.2) is 40.3 Å². The van der Waals surface area contributed by atoms with E-state index in [2.05, 4.69) is 9.47 Å². The number of ketones is 1. The van der Waals surface area contributed by atoms with E-state index in [0.29, 0.717) is 6.54 Å². The Morgan fingerprint density at radius 2 is 2.00 bits per heavy atom. The largest absolute Gasteiger partial charge is 0.467 e. The molecular formula is C20H27N3O3. The maximum Gasteiger partial charge on any atom is 0.220 e. The topological polar surface area (TPSA) is 81.5 Å². The lowest BCUT2D eigenvalue weighted by atomic mass is 9.94. The number of carbonyl (C=O) groups excluding carboxylic acids is 2. The van der Waals surface area contributed by atoms with Crippen molar-refractivity contribution < 1.29 is 14.0 Å². The number of nitrogens with two attached hydrogens (primary N) is 1. The second kappa shape index (κ2) is 7.50. The third kappa shape index (κ3) is 3.60. The minimum atomic E-state index is -0.231. The van der Waals surface area contributed by atoms with Crippen molar-refractivity contribution in [2.24, 2.45) is 11.7 Å². The summed E-state index contributed by atoms with van der Waals surface area (Å²) in [5.41, 5.74) is 8.17. The normalized spacial score (nSPS) is 17.3. The monoisotopic (exact) mass is 357 g/mol. The Labute approximate surface area is 153 Å². The SMILES string of the molecule is Cc1cc(C(=O)[C@@H](C)N2CCC(C(N)=O)CC2)c(C)n1Cc1ccco1. The van der Waals surface area contributed by atoms with Crippen LogP contribution in [0.5, 0.6) is 0 Å². The van der Waals surface area contributed by atoms with Crippen LogP contribution < -0.4 is 5.73 Å². The van der Waals surface area contributed by atoms with Crippen LogP contribution in [0.25, 0.3) is 0 Å². The lowest BCUT2D eigenvalue weighted by Gasteiger charge is -2.34. The molecule has 0 radical (unpaired) electrons. The molecule has 1 fully saturated rings. The minimum Gasteiger partial charge on any atom is -0.467 e. The number of rotatable bonds is 6. The van der Waals surface area contributed by atoms with E-state index in [0.717, 1.165) is 48.6 Å². The maximum atomic E-state index is 13.1. The van der Waals surface area contributed by atoms with Crippen LogP contribution in [0.15, 0.2) is 28.9 Å². The van der Waals surface area contributed by atoms with Crippen molar-refractivity contribution in [3.8, 4) is 0 Å². The summed E-state index contributed by atoms with van der Waals surface area (Å²) >= 11 is 0. The Morgan fingerprint density at radius 1 is 1.31 bits per heavy atom. The molecule has 1 aliphatic rings. The number of hydrogen-bond donors (Lipinski definition) is 1. The second-order valence-electron chi connectivity index (χ2n) is 7.20. The van der Waals surface area contributed by atoms with Crippen LogP contribution in [0.2, 0.25) is 0 Å². The summed E-state index contributed by atoms with van der Waals surface area (Å²) in [4.78, 5) is 26.6. The van der Waals surface area contributed by atoms with E-state index in [9.17, 15) is 9.59 Å². The molecule has 1 atom stereocenters. The highest BCUT2D eigenvalue weighted by Crippen LogP contribution is 2.23. The molecule has 3 heterocycles. The molecule has 2 aromatic heterocycles. The Hall–Kier alpha value is -2.34. The molecule has 0 unspecified atom stereocenters. The van der Waals surface area contributed by atoms with Gasteiger partial charge in [-0.05, 0) is 64.9 Å². The molecule has 0 saturated carbocycles. The molecule has 2 aromatic rings. The van der Waals surface area contributed by atoms with Crippen LogP contribution in [0.4, 0.5) is 0 Å². The minimum absolute atomic E-state index is 0.0630. The number of primary amides is 1. The molecule has 0 aliphatic carbocycles. The highest BCUT2D eigenvalue weighted by molar-refractivity contribution is 6.01. The molecule has 0 aromatic carbocycles. The van der Waals surface area contributed by atoms with Gasteiger partial charge in [0.25, 0.3) is 0 Å². The van der Waals surface area contributed by atoms with Gasteiger partial charge in [-0.3, -0.25) is 14.5 Å². The molecule has 2 N–H and O–H groups in total. The first-order valence-electron chi connectivity index (χ1n) is 9.15. The van der Waals surface area contributed by atoms with E-state index >= 15 is 0 Å². The third-order valence-corrected chi connectivity index (χ3v) is 5.59. The summed E-state index contributed by atoms with van der Waals surface area (Å²) in [7, 11) is 0. The van der Waals surface area contributed by atoms with Gasteiger partial charge in [-0.15, -0.1) is 0 Å². The van der Waals surface area contributed by atoms with Gasteiger partial charge in [-0.25, -0.2) is 0 Å². The average molecular weight is 357 g/mol. The fraction of sp³-hybridized carbons (Fsp3) is 0.500. The van der Waals surface area contributed by atoms with Crippen LogP contribution in [0, 0.1) is 19.8 Å². The van der Waals surface area contributed by atoms with Gasteiger partial charge in [0.1, 0.15) is 5.76 Å². The molecule has 26 heavy (non-hydrogen) atoms. The van der Waals surface area contributed by atoms with Gasteiger partial charge in [0.15, 0.2) is 5.78 Å². The first-order valence-corrected chi connectivity index (χ1v) is 9.15. The summed E-state index contributed by atoms with van der Waals surface area (Å²) in [6.07, 6.45) is 3.11. The number of aromatic nitrogens is 1. The average Bonchev–Trinajstić information content (AvgIpc) is 3.24. The zero-order valence-corrected chi connectivity index (χ0v) is 15.7. The lowest BCUT2D eigenvalue weighted by Crippen LogP contribution is -2.46. The molecule has 0 spiro atoms. The van der Waals surface area contributed by atoms with Crippen molar-refractivity contribution in [3.05, 3.63) is 47.2 Å². The van der Waals surface area contributed by atoms with Crippen molar-refractivity contribution in [2.45, 2.75) is 46.2 Å². The van der Waals surface area contributed by atoms with Gasteiger partial charge in [-0.1, -0.05) is 0 Å². The Kier molecular flexibility index (Phi) is 5.32. The van der Waals surface area contributed by atoms with Crippen molar-refractivity contribution in [1.29, 1.82) is 0 Å². The summed E-state index contributed by atoms with van der Waals surface area (Å²) in [6.45, 7) is 8.02. The third-order valence-electron chi connectivity index (χ3n) is 5.59. The number of Topliss-reactive ketones (excluding diaryl/α,β-unsaturated/α-hetero) is 1. The summed E-state index contributed by atoms with van der Waals surface area (Å²) in [6, 6.07) is 5.56. The summed E-state index contributed by atoms with van der Waals surface area (Å²) < 4.78 is 7.55. The number of hydrogen-bond acceptors (Lipinski definition) is 4. The molecule has 1 amide bonds. The van der Waals surface area contributed by atoms with Crippen molar-refractivity contribution in [2.75, 3.05) is 13.1 Å². The predicted octanol–water partition coefficient (Wildman–Crippen LogP) is 2.51. The van der Waals surface area contributed by atoms with Crippen LogP contribution in [0.3, 0.4) is 0 Å². The Balaban J connectivity index is 1.72. The summed E-state index contributed by atoms with van der Waals surface area (Å²) in [5.74, 6) is 0.700. The van der Waals surface area contributed by atoms with E-state index in [1.165, 1.54) is 0 Å². The number of likely N-dealkylation sites (tertiary alicyclic amines) is 1. The zero-order valence-electron chi connectivity index (χ0n) is 15.7. The first-order chi connectivity index (χ1) is 12.4. The number of piperidine rings is 1. The molecular weight excluding hydrogens is 330 g/mol. The lowest BCUT2D eigenvalue weighted by molar-refractivity contribution is -0.123. The van der Waals surface area contributed by atoms with Gasteiger partial charge in [0, 0.05) is 22.9 Å². The van der Waals surface area contributed by atoms with Gasteiger partial charge in [0.05, 0.1) is 18.8 Å². The fourth-order valence-electron chi connectivity index (χ4n) is 3.81. The van der Waals surface area contributed by atoms with Gasteiger partial charge in [-0.2, -0.15) is 0 Å². The predicted molar refractivity (Wildman–Crippen MR) is 99.0 cm³/mol. The molecule has 140 valence electrons. The molecule has 3 rings (SSSR count). The molecule has 1 saturated heterocycles. The highest BCUT2D eigenvalue weighted by atomic mass is 16.3. The van der Waals surface area contributed by atoms with Gasteiger partial charge in [0.2, 0.25) is 5.91 Å². The number of nitrogens with zero attached hydrogens (tertiary/aromatic N) is 2.